The summed E-state index contributed by atoms with van der Waals surface area (Å²) in [5.41, 5.74) is 2.85. The molecule has 182 valence electrons. The highest BCUT2D eigenvalue weighted by Gasteiger charge is 2.46. The summed E-state index contributed by atoms with van der Waals surface area (Å²) < 4.78 is 5.26. The number of H-pyrrole nitrogens is 1. The van der Waals surface area contributed by atoms with E-state index >= 15 is 0 Å². The second-order valence-corrected chi connectivity index (χ2v) is 8.98. The lowest BCUT2D eigenvalue weighted by Gasteiger charge is -2.25. The minimum atomic E-state index is -0.875. The second kappa shape index (κ2) is 9.43. The predicted molar refractivity (Wildman–Crippen MR) is 137 cm³/mol. The number of amides is 1. The smallest absolute Gasteiger partial charge is 0.295 e. The van der Waals surface area contributed by atoms with Gasteiger partial charge in [-0.2, -0.15) is 0 Å². The number of benzene rings is 3. The van der Waals surface area contributed by atoms with E-state index in [2.05, 4.69) is 4.98 Å². The fourth-order valence-corrected chi connectivity index (χ4v) is 4.79. The molecule has 2 heterocycles. The predicted octanol–water partition coefficient (Wildman–Crippen LogP) is 5.20. The maximum Gasteiger partial charge on any atom is 0.295 e. The molecule has 1 aromatic heterocycles. The molecule has 1 aliphatic heterocycles. The number of likely N-dealkylation sites (tertiary alicyclic amines) is 1. The van der Waals surface area contributed by atoms with Crippen molar-refractivity contribution in [1.82, 2.24) is 9.88 Å². The van der Waals surface area contributed by atoms with Crippen LogP contribution in [0.3, 0.4) is 0 Å². The maximum atomic E-state index is 13.3. The molecule has 1 saturated heterocycles. The van der Waals surface area contributed by atoms with Gasteiger partial charge in [0.05, 0.1) is 18.7 Å². The molecule has 0 spiro atoms. The first-order valence-electron chi connectivity index (χ1n) is 11.3. The number of carbonyl (C=O) groups is 2. The van der Waals surface area contributed by atoms with E-state index in [-0.39, 0.29) is 29.4 Å². The van der Waals surface area contributed by atoms with Crippen molar-refractivity contribution < 1.29 is 24.5 Å². The number of Topliss-reactive ketones (excluding diaryl/α,β-unsaturated/α-hetero) is 1. The number of aromatic hydroxyl groups is 1. The number of aromatic amines is 1. The summed E-state index contributed by atoms with van der Waals surface area (Å²) in [7, 11) is 1.42. The molecule has 1 unspecified atom stereocenters. The van der Waals surface area contributed by atoms with Crippen molar-refractivity contribution in [2.24, 2.45) is 0 Å². The van der Waals surface area contributed by atoms with E-state index in [1.165, 1.54) is 18.1 Å². The highest BCUT2D eigenvalue weighted by Crippen LogP contribution is 2.42. The number of ether oxygens (including phenoxy) is 1. The third kappa shape index (κ3) is 4.07. The summed E-state index contributed by atoms with van der Waals surface area (Å²) in [6, 6.07) is 18.0. The highest BCUT2D eigenvalue weighted by molar-refractivity contribution is 6.46. The molecule has 1 amide bonds. The van der Waals surface area contributed by atoms with Gasteiger partial charge in [-0.05, 0) is 60.0 Å². The number of aliphatic hydroxyl groups excluding tert-OH is 1. The van der Waals surface area contributed by atoms with Crippen LogP contribution in [0, 0.1) is 0 Å². The number of rotatable bonds is 6. The van der Waals surface area contributed by atoms with Crippen molar-refractivity contribution in [3.05, 3.63) is 100 Å². The van der Waals surface area contributed by atoms with Gasteiger partial charge in [0.2, 0.25) is 0 Å². The summed E-state index contributed by atoms with van der Waals surface area (Å²) in [6.45, 7) is 0.234. The van der Waals surface area contributed by atoms with Crippen LogP contribution in [-0.2, 0) is 16.0 Å². The topological polar surface area (TPSA) is 103 Å². The molecule has 0 saturated carbocycles. The second-order valence-electron chi connectivity index (χ2n) is 8.54. The molecule has 8 heteroatoms. The van der Waals surface area contributed by atoms with E-state index < -0.39 is 17.7 Å². The van der Waals surface area contributed by atoms with Crippen molar-refractivity contribution in [3.8, 4) is 11.5 Å². The number of phenols is 1. The molecule has 4 aromatic rings. The number of hydrogen-bond acceptors (Lipinski definition) is 5. The highest BCUT2D eigenvalue weighted by atomic mass is 35.5. The third-order valence-corrected chi connectivity index (χ3v) is 6.73. The zero-order valence-electron chi connectivity index (χ0n) is 19.4. The standard InChI is InChI=1S/C28H23ClN2O5/c1-36-23-14-17(8-11-22(23)32)25-24(26(33)16-6-9-19(29)10-7-16)27(34)28(35)31(25)13-12-18-15-30-21-5-3-2-4-20(18)21/h2-11,14-15,25,30,32-33H,12-13H2,1H3. The van der Waals surface area contributed by atoms with Crippen LogP contribution in [0.5, 0.6) is 11.5 Å². The Morgan fingerprint density at radius 2 is 1.83 bits per heavy atom. The summed E-state index contributed by atoms with van der Waals surface area (Å²) in [5.74, 6) is -1.66. The number of methoxy groups -OCH3 is 1. The number of phenolic OH excluding ortho intramolecular Hbond substituents is 1. The fraction of sp³-hybridized carbons (Fsp3) is 0.143. The SMILES string of the molecule is COc1cc(C2C(=C(O)c3ccc(Cl)cc3)C(=O)C(=O)N2CCc2c[nH]c3ccccc23)ccc1O. The summed E-state index contributed by atoms with van der Waals surface area (Å²) >= 11 is 5.99. The van der Waals surface area contributed by atoms with Crippen LogP contribution in [0.4, 0.5) is 0 Å². The molecule has 1 aliphatic rings. The van der Waals surface area contributed by atoms with Gasteiger partial charge in [0, 0.05) is 34.2 Å². The zero-order valence-corrected chi connectivity index (χ0v) is 20.1. The van der Waals surface area contributed by atoms with Crippen molar-refractivity contribution in [3.63, 3.8) is 0 Å². The van der Waals surface area contributed by atoms with Gasteiger partial charge in [-0.25, -0.2) is 0 Å². The number of halogens is 1. The largest absolute Gasteiger partial charge is 0.507 e. The van der Waals surface area contributed by atoms with Crippen LogP contribution >= 0.6 is 11.6 Å². The molecule has 0 bridgehead atoms. The number of nitrogens with one attached hydrogen (secondary N) is 1. The number of carbonyl (C=O) groups excluding carboxylic acids is 2. The number of hydrogen-bond donors (Lipinski definition) is 3. The van der Waals surface area contributed by atoms with E-state index in [1.807, 2.05) is 30.5 Å². The Labute approximate surface area is 212 Å². The van der Waals surface area contributed by atoms with Crippen molar-refractivity contribution >= 4 is 40.0 Å². The molecule has 5 rings (SSSR count). The molecule has 3 N–H and O–H groups in total. The Morgan fingerprint density at radius 1 is 1.08 bits per heavy atom. The number of ketones is 1. The van der Waals surface area contributed by atoms with Crippen LogP contribution in [0.15, 0.2) is 78.5 Å². The minimum absolute atomic E-state index is 0.0333. The van der Waals surface area contributed by atoms with E-state index in [9.17, 15) is 19.8 Å². The number of para-hydroxylation sites is 1. The average molecular weight is 503 g/mol. The van der Waals surface area contributed by atoms with Crippen molar-refractivity contribution in [2.45, 2.75) is 12.5 Å². The Morgan fingerprint density at radius 3 is 2.58 bits per heavy atom. The average Bonchev–Trinajstić information content (AvgIpc) is 3.41. The molecular formula is C28H23ClN2O5. The Bertz CT molecular complexity index is 1510. The molecule has 36 heavy (non-hydrogen) atoms. The Hall–Kier alpha value is -4.23. The fourth-order valence-electron chi connectivity index (χ4n) is 4.66. The van der Waals surface area contributed by atoms with Gasteiger partial charge in [0.15, 0.2) is 11.5 Å². The maximum absolute atomic E-state index is 13.3. The first kappa shape index (κ1) is 23.5. The number of aromatic nitrogens is 1. The van der Waals surface area contributed by atoms with Crippen molar-refractivity contribution in [1.29, 1.82) is 0 Å². The lowest BCUT2D eigenvalue weighted by molar-refractivity contribution is -0.139. The first-order chi connectivity index (χ1) is 17.4. The third-order valence-electron chi connectivity index (χ3n) is 6.47. The van der Waals surface area contributed by atoms with E-state index in [1.54, 1.807) is 36.4 Å². The van der Waals surface area contributed by atoms with Gasteiger partial charge in [-0.15, -0.1) is 0 Å². The number of fused-ring (bicyclic) bond motifs is 1. The summed E-state index contributed by atoms with van der Waals surface area (Å²) in [5, 5.41) is 22.8. The van der Waals surface area contributed by atoms with Gasteiger partial charge < -0.3 is 24.8 Å². The quantitative estimate of drug-likeness (QED) is 0.191. The lowest BCUT2D eigenvalue weighted by Crippen LogP contribution is -2.31. The molecule has 1 atom stereocenters. The molecular weight excluding hydrogens is 480 g/mol. The Kier molecular flexibility index (Phi) is 6.16. The van der Waals surface area contributed by atoms with Crippen LogP contribution in [0.2, 0.25) is 5.02 Å². The van der Waals surface area contributed by atoms with Crippen LogP contribution in [0.1, 0.15) is 22.7 Å². The lowest BCUT2D eigenvalue weighted by atomic mass is 9.95. The van der Waals surface area contributed by atoms with Gasteiger partial charge in [-0.1, -0.05) is 35.9 Å². The van der Waals surface area contributed by atoms with Crippen LogP contribution in [-0.4, -0.2) is 45.4 Å². The van der Waals surface area contributed by atoms with E-state index in [0.29, 0.717) is 22.6 Å². The number of nitrogens with zero attached hydrogens (tertiary/aromatic N) is 1. The van der Waals surface area contributed by atoms with Gasteiger partial charge in [0.1, 0.15) is 5.76 Å². The first-order valence-corrected chi connectivity index (χ1v) is 11.7. The number of aliphatic hydroxyl groups is 1. The zero-order chi connectivity index (χ0) is 25.4. The van der Waals surface area contributed by atoms with Crippen molar-refractivity contribution in [2.75, 3.05) is 13.7 Å². The van der Waals surface area contributed by atoms with Crippen LogP contribution in [0.25, 0.3) is 16.7 Å². The van der Waals surface area contributed by atoms with Crippen LogP contribution < -0.4 is 4.74 Å². The van der Waals surface area contributed by atoms with Gasteiger partial charge in [-0.3, -0.25) is 9.59 Å². The molecule has 3 aromatic carbocycles. The van der Waals surface area contributed by atoms with Gasteiger partial charge in [0.25, 0.3) is 11.7 Å². The Balaban J connectivity index is 1.59. The monoisotopic (exact) mass is 502 g/mol. The normalized spacial score (nSPS) is 17.2. The summed E-state index contributed by atoms with van der Waals surface area (Å²) in [4.78, 5) is 31.2. The van der Waals surface area contributed by atoms with Gasteiger partial charge >= 0.3 is 0 Å². The molecule has 7 nitrogen and oxygen atoms in total. The summed E-state index contributed by atoms with van der Waals surface area (Å²) in [6.07, 6.45) is 2.39. The minimum Gasteiger partial charge on any atom is -0.507 e. The molecule has 0 radical (unpaired) electrons. The molecule has 0 aliphatic carbocycles. The van der Waals surface area contributed by atoms with E-state index in [4.69, 9.17) is 16.3 Å². The van der Waals surface area contributed by atoms with E-state index in [0.717, 1.165) is 16.5 Å². The molecule has 1 fully saturated rings.